The molecule has 3 aromatic rings. The molecule has 124 valence electrons. The van der Waals surface area contributed by atoms with Crippen LogP contribution < -0.4 is 16.2 Å². The fraction of sp³-hybridized carbons (Fsp3) is 0.0909. The molecule has 0 saturated heterocycles. The summed E-state index contributed by atoms with van der Waals surface area (Å²) >= 11 is 0. The molecule has 0 atom stereocenters. The van der Waals surface area contributed by atoms with Gasteiger partial charge in [-0.05, 0) is 52.1 Å². The van der Waals surface area contributed by atoms with Gasteiger partial charge in [-0.1, -0.05) is 48.5 Å². The third-order valence-corrected chi connectivity index (χ3v) is 4.44. The number of ether oxygens (including phenoxy) is 1. The molecule has 3 heteroatoms. The predicted octanol–water partition coefficient (Wildman–Crippen LogP) is 4.18. The summed E-state index contributed by atoms with van der Waals surface area (Å²) in [6.45, 7) is 0.993. The van der Waals surface area contributed by atoms with Crippen LogP contribution >= 0.6 is 0 Å². The molecule has 0 saturated carbocycles. The maximum atomic E-state index is 6.05. The van der Waals surface area contributed by atoms with E-state index in [0.717, 1.165) is 22.6 Å². The summed E-state index contributed by atoms with van der Waals surface area (Å²) in [6.07, 6.45) is 2.18. The summed E-state index contributed by atoms with van der Waals surface area (Å²) in [6, 6.07) is 22.6. The number of rotatable bonds is 4. The quantitative estimate of drug-likeness (QED) is 0.553. The van der Waals surface area contributed by atoms with Crippen LogP contribution in [0.3, 0.4) is 0 Å². The summed E-state index contributed by atoms with van der Waals surface area (Å²) in [5.41, 5.74) is 19.4. The first-order valence-electron chi connectivity index (χ1n) is 8.41. The highest BCUT2D eigenvalue weighted by Crippen LogP contribution is 2.46. The molecule has 0 amide bonds. The Balaban J connectivity index is 1.89. The summed E-state index contributed by atoms with van der Waals surface area (Å²) in [5.74, 6) is 0.843. The highest BCUT2D eigenvalue weighted by atomic mass is 16.5. The number of hydrogen-bond acceptors (Lipinski definition) is 3. The third kappa shape index (κ3) is 2.79. The van der Waals surface area contributed by atoms with Crippen LogP contribution in [0.2, 0.25) is 0 Å². The van der Waals surface area contributed by atoms with Gasteiger partial charge in [0.15, 0.2) is 0 Å². The van der Waals surface area contributed by atoms with E-state index in [4.69, 9.17) is 16.2 Å². The Kier molecular flexibility index (Phi) is 4.00. The number of para-hydroxylation sites is 1. The van der Waals surface area contributed by atoms with Crippen LogP contribution in [0.1, 0.15) is 16.7 Å². The molecule has 0 spiro atoms. The number of nitrogens with two attached hydrogens (primary N) is 2. The summed E-state index contributed by atoms with van der Waals surface area (Å²) < 4.78 is 5.80. The first-order chi connectivity index (χ1) is 12.3. The molecule has 0 bridgehead atoms. The Morgan fingerprint density at radius 1 is 0.800 bits per heavy atom. The SMILES string of the molecule is NCCOc1ccccc1/C=C1\c2ccccc2-c2ccc(N)cc21. The normalized spacial score (nSPS) is 13.6. The molecular weight excluding hydrogens is 308 g/mol. The number of hydrogen-bond donors (Lipinski definition) is 2. The minimum Gasteiger partial charge on any atom is -0.492 e. The maximum absolute atomic E-state index is 6.05. The minimum absolute atomic E-state index is 0.493. The molecule has 1 aliphatic rings. The van der Waals surface area contributed by atoms with Gasteiger partial charge in [-0.3, -0.25) is 0 Å². The number of anilines is 1. The molecule has 4 rings (SSSR count). The van der Waals surface area contributed by atoms with E-state index in [1.807, 2.05) is 30.3 Å². The van der Waals surface area contributed by atoms with Crippen LogP contribution in [0, 0.1) is 0 Å². The number of fused-ring (bicyclic) bond motifs is 3. The van der Waals surface area contributed by atoms with Crippen molar-refractivity contribution in [1.29, 1.82) is 0 Å². The van der Waals surface area contributed by atoms with Crippen LogP contribution in [0.15, 0.2) is 66.7 Å². The van der Waals surface area contributed by atoms with E-state index < -0.39 is 0 Å². The van der Waals surface area contributed by atoms with Crippen molar-refractivity contribution in [3.8, 4) is 16.9 Å². The molecule has 0 unspecified atom stereocenters. The van der Waals surface area contributed by atoms with E-state index in [2.05, 4.69) is 42.5 Å². The lowest BCUT2D eigenvalue weighted by molar-refractivity contribution is 0.327. The van der Waals surface area contributed by atoms with Crippen LogP contribution in [0.4, 0.5) is 5.69 Å². The van der Waals surface area contributed by atoms with Gasteiger partial charge in [-0.15, -0.1) is 0 Å². The number of benzene rings is 3. The smallest absolute Gasteiger partial charge is 0.126 e. The van der Waals surface area contributed by atoms with Gasteiger partial charge in [0.2, 0.25) is 0 Å². The van der Waals surface area contributed by atoms with Gasteiger partial charge in [0.25, 0.3) is 0 Å². The van der Waals surface area contributed by atoms with Gasteiger partial charge >= 0.3 is 0 Å². The molecular formula is C22H20N2O. The fourth-order valence-electron chi connectivity index (χ4n) is 3.33. The van der Waals surface area contributed by atoms with Crippen LogP contribution in [0.5, 0.6) is 5.75 Å². The molecule has 0 heterocycles. The second-order valence-corrected chi connectivity index (χ2v) is 6.08. The van der Waals surface area contributed by atoms with E-state index in [1.165, 1.54) is 22.3 Å². The second kappa shape index (κ2) is 6.46. The second-order valence-electron chi connectivity index (χ2n) is 6.08. The molecule has 1 aliphatic carbocycles. The first kappa shape index (κ1) is 15.5. The van der Waals surface area contributed by atoms with E-state index in [0.29, 0.717) is 13.2 Å². The Hall–Kier alpha value is -3.04. The topological polar surface area (TPSA) is 61.3 Å². The van der Waals surface area contributed by atoms with Gasteiger partial charge in [-0.25, -0.2) is 0 Å². The van der Waals surface area contributed by atoms with Gasteiger partial charge < -0.3 is 16.2 Å². The lowest BCUT2D eigenvalue weighted by atomic mass is 10.0. The van der Waals surface area contributed by atoms with E-state index in [9.17, 15) is 0 Å². The van der Waals surface area contributed by atoms with Gasteiger partial charge in [0, 0.05) is 17.8 Å². The summed E-state index contributed by atoms with van der Waals surface area (Å²) in [4.78, 5) is 0. The zero-order valence-corrected chi connectivity index (χ0v) is 13.9. The van der Waals surface area contributed by atoms with Crippen molar-refractivity contribution >= 4 is 17.3 Å². The Morgan fingerprint density at radius 2 is 1.52 bits per heavy atom. The van der Waals surface area contributed by atoms with E-state index in [-0.39, 0.29) is 0 Å². The Morgan fingerprint density at radius 3 is 2.36 bits per heavy atom. The van der Waals surface area contributed by atoms with Crippen LogP contribution in [-0.4, -0.2) is 13.2 Å². The molecule has 3 aromatic carbocycles. The van der Waals surface area contributed by atoms with Crippen molar-refractivity contribution in [2.24, 2.45) is 5.73 Å². The monoisotopic (exact) mass is 328 g/mol. The zero-order valence-electron chi connectivity index (χ0n) is 13.9. The van der Waals surface area contributed by atoms with Crippen LogP contribution in [0.25, 0.3) is 22.8 Å². The highest BCUT2D eigenvalue weighted by Gasteiger charge is 2.23. The molecule has 0 aliphatic heterocycles. The largest absolute Gasteiger partial charge is 0.492 e. The van der Waals surface area contributed by atoms with Crippen molar-refractivity contribution in [3.05, 3.63) is 83.4 Å². The predicted molar refractivity (Wildman–Crippen MR) is 104 cm³/mol. The lowest BCUT2D eigenvalue weighted by Gasteiger charge is -2.10. The summed E-state index contributed by atoms with van der Waals surface area (Å²) in [7, 11) is 0. The molecule has 0 aromatic heterocycles. The third-order valence-electron chi connectivity index (χ3n) is 4.44. The van der Waals surface area contributed by atoms with Crippen molar-refractivity contribution in [1.82, 2.24) is 0 Å². The van der Waals surface area contributed by atoms with Gasteiger partial charge in [0.1, 0.15) is 12.4 Å². The highest BCUT2D eigenvalue weighted by molar-refractivity contribution is 6.07. The minimum atomic E-state index is 0.493. The van der Waals surface area contributed by atoms with E-state index >= 15 is 0 Å². The Bertz CT molecular complexity index is 960. The van der Waals surface area contributed by atoms with Crippen molar-refractivity contribution in [2.75, 3.05) is 18.9 Å². The first-order valence-corrected chi connectivity index (χ1v) is 8.41. The maximum Gasteiger partial charge on any atom is 0.126 e. The summed E-state index contributed by atoms with van der Waals surface area (Å²) in [5, 5.41) is 0. The van der Waals surface area contributed by atoms with Crippen molar-refractivity contribution in [3.63, 3.8) is 0 Å². The lowest BCUT2D eigenvalue weighted by Crippen LogP contribution is -2.11. The fourth-order valence-corrected chi connectivity index (χ4v) is 3.33. The molecule has 0 fully saturated rings. The molecule has 0 radical (unpaired) electrons. The molecule has 4 N–H and O–H groups in total. The van der Waals surface area contributed by atoms with Crippen molar-refractivity contribution in [2.45, 2.75) is 0 Å². The molecule has 3 nitrogen and oxygen atoms in total. The van der Waals surface area contributed by atoms with Crippen molar-refractivity contribution < 1.29 is 4.74 Å². The van der Waals surface area contributed by atoms with Gasteiger partial charge in [0.05, 0.1) is 0 Å². The standard InChI is InChI=1S/C22H20N2O/c23-11-12-25-22-8-4-1-5-15(22)13-20-18-7-3-2-6-17(18)19-10-9-16(24)14-21(19)20/h1-10,13-14H,11-12,23-24H2/b20-13+. The Labute approximate surface area is 147 Å². The zero-order chi connectivity index (χ0) is 17.2. The average molecular weight is 328 g/mol. The number of nitrogen functional groups attached to an aromatic ring is 1. The van der Waals surface area contributed by atoms with Gasteiger partial charge in [-0.2, -0.15) is 0 Å². The molecule has 25 heavy (non-hydrogen) atoms. The van der Waals surface area contributed by atoms with Crippen LogP contribution in [-0.2, 0) is 0 Å². The van der Waals surface area contributed by atoms with E-state index in [1.54, 1.807) is 0 Å². The average Bonchev–Trinajstić information content (AvgIpc) is 2.94.